The molecule has 0 spiro atoms. The summed E-state index contributed by atoms with van der Waals surface area (Å²) in [5.74, 6) is 1.13. The van der Waals surface area contributed by atoms with Crippen LogP contribution in [0.1, 0.15) is 12.8 Å². The van der Waals surface area contributed by atoms with E-state index in [1.807, 2.05) is 23.6 Å². The highest BCUT2D eigenvalue weighted by Crippen LogP contribution is 2.35. The van der Waals surface area contributed by atoms with Crippen molar-refractivity contribution in [2.24, 2.45) is 5.73 Å². The number of benzene rings is 1. The normalized spacial score (nSPS) is 14.6. The molecule has 2 aromatic rings. The lowest BCUT2D eigenvalue weighted by Gasteiger charge is -2.08. The fourth-order valence-corrected chi connectivity index (χ4v) is 2.76. The molecular weight excluding hydrogens is 338 g/mol. The lowest BCUT2D eigenvalue weighted by molar-refractivity contribution is -0.118. The van der Waals surface area contributed by atoms with Crippen molar-refractivity contribution in [1.82, 2.24) is 4.98 Å². The van der Waals surface area contributed by atoms with Gasteiger partial charge in [0, 0.05) is 10.9 Å². The number of nitrogens with two attached hydrogens (primary N) is 1. The molecule has 1 aliphatic rings. The van der Waals surface area contributed by atoms with Crippen molar-refractivity contribution in [1.29, 1.82) is 0 Å². The monoisotopic (exact) mass is 355 g/mol. The van der Waals surface area contributed by atoms with Crippen molar-refractivity contribution in [3.05, 3.63) is 23.6 Å². The maximum atomic E-state index is 11.9. The second-order valence-electron chi connectivity index (χ2n) is 5.22. The number of nitrogens with zero attached hydrogens (tertiary/aromatic N) is 1. The molecule has 0 unspecified atom stereocenters. The number of carbonyl (C=O) groups excluding carboxylic acids is 1. The first-order chi connectivity index (χ1) is 10.6. The summed E-state index contributed by atoms with van der Waals surface area (Å²) in [5.41, 5.74) is 6.82. The molecule has 1 amide bonds. The Morgan fingerprint density at radius 3 is 2.61 bits per heavy atom. The summed E-state index contributed by atoms with van der Waals surface area (Å²) in [6.45, 7) is 0. The third-order valence-corrected chi connectivity index (χ3v) is 4.40. The summed E-state index contributed by atoms with van der Waals surface area (Å²) in [4.78, 5) is 16.3. The van der Waals surface area contributed by atoms with Crippen LogP contribution in [0.5, 0.6) is 11.5 Å². The van der Waals surface area contributed by atoms with Crippen molar-refractivity contribution in [3.63, 3.8) is 0 Å². The number of anilines is 1. The number of methoxy groups -OCH3 is 2. The standard InChI is InChI=1S/C15H17N3O3S.ClH/c1-20-11-4-3-9(7-12(11)21-2)10-8-22-14(17-10)18-13(19)15(16)5-6-15;/h3-4,7-8H,5-6,16H2,1-2H3,(H,17,18,19);1H. The summed E-state index contributed by atoms with van der Waals surface area (Å²) < 4.78 is 10.5. The summed E-state index contributed by atoms with van der Waals surface area (Å²) in [6, 6.07) is 5.57. The Kier molecular flexibility index (Phi) is 5.13. The molecule has 0 atom stereocenters. The van der Waals surface area contributed by atoms with E-state index in [2.05, 4.69) is 10.3 Å². The second kappa shape index (κ2) is 6.74. The number of thiazole rings is 1. The van der Waals surface area contributed by atoms with E-state index in [4.69, 9.17) is 15.2 Å². The van der Waals surface area contributed by atoms with Crippen molar-refractivity contribution < 1.29 is 14.3 Å². The molecule has 6 nitrogen and oxygen atoms in total. The largest absolute Gasteiger partial charge is 0.493 e. The van der Waals surface area contributed by atoms with Crippen LogP contribution in [-0.2, 0) is 4.79 Å². The molecule has 1 aliphatic carbocycles. The Morgan fingerprint density at radius 2 is 2.00 bits per heavy atom. The zero-order valence-corrected chi connectivity index (χ0v) is 14.4. The molecule has 23 heavy (non-hydrogen) atoms. The maximum Gasteiger partial charge on any atom is 0.246 e. The highest BCUT2D eigenvalue weighted by atomic mass is 35.5. The lowest BCUT2D eigenvalue weighted by Crippen LogP contribution is -2.37. The van der Waals surface area contributed by atoms with Crippen LogP contribution in [0.3, 0.4) is 0 Å². The van der Waals surface area contributed by atoms with Crippen LogP contribution in [-0.4, -0.2) is 30.6 Å². The summed E-state index contributed by atoms with van der Waals surface area (Å²) >= 11 is 1.37. The Balaban J connectivity index is 0.00000192. The Labute approximate surface area is 144 Å². The minimum absolute atomic E-state index is 0. The molecule has 0 saturated heterocycles. The lowest BCUT2D eigenvalue weighted by atomic mass is 10.1. The molecule has 1 saturated carbocycles. The minimum atomic E-state index is -0.699. The molecule has 1 heterocycles. The van der Waals surface area contributed by atoms with Gasteiger partial charge in [-0.25, -0.2) is 4.98 Å². The molecule has 0 radical (unpaired) electrons. The van der Waals surface area contributed by atoms with Gasteiger partial charge in [0.15, 0.2) is 16.6 Å². The van der Waals surface area contributed by atoms with Gasteiger partial charge in [-0.05, 0) is 31.0 Å². The summed E-state index contributed by atoms with van der Waals surface area (Å²) in [6.07, 6.45) is 1.46. The summed E-state index contributed by atoms with van der Waals surface area (Å²) in [5, 5.41) is 5.20. The predicted octanol–water partition coefficient (Wildman–Crippen LogP) is 2.68. The van der Waals surface area contributed by atoms with Gasteiger partial charge in [0.1, 0.15) is 0 Å². The highest BCUT2D eigenvalue weighted by Gasteiger charge is 2.46. The number of ether oxygens (including phenoxy) is 2. The third kappa shape index (κ3) is 3.57. The molecule has 8 heteroatoms. The number of amides is 1. The van der Waals surface area contributed by atoms with Crippen LogP contribution < -0.4 is 20.5 Å². The Bertz CT molecular complexity index is 716. The number of nitrogens with one attached hydrogen (secondary N) is 1. The van der Waals surface area contributed by atoms with Crippen molar-refractivity contribution in [2.45, 2.75) is 18.4 Å². The van der Waals surface area contributed by atoms with Crippen LogP contribution in [0, 0.1) is 0 Å². The maximum absolute atomic E-state index is 11.9. The first-order valence-electron chi connectivity index (χ1n) is 6.84. The van der Waals surface area contributed by atoms with Crippen LogP contribution in [0.15, 0.2) is 23.6 Å². The minimum Gasteiger partial charge on any atom is -0.493 e. The van der Waals surface area contributed by atoms with E-state index in [0.717, 1.165) is 24.1 Å². The fourth-order valence-electron chi connectivity index (χ4n) is 2.04. The van der Waals surface area contributed by atoms with Gasteiger partial charge >= 0.3 is 0 Å². The van der Waals surface area contributed by atoms with Gasteiger partial charge in [0.2, 0.25) is 5.91 Å². The quantitative estimate of drug-likeness (QED) is 0.861. The first-order valence-corrected chi connectivity index (χ1v) is 7.72. The molecule has 3 rings (SSSR count). The van der Waals surface area contributed by atoms with Gasteiger partial charge in [-0.15, -0.1) is 23.7 Å². The van der Waals surface area contributed by atoms with Crippen LogP contribution in [0.25, 0.3) is 11.3 Å². The van der Waals surface area contributed by atoms with Crippen LogP contribution in [0.4, 0.5) is 5.13 Å². The summed E-state index contributed by atoms with van der Waals surface area (Å²) in [7, 11) is 3.18. The van der Waals surface area contributed by atoms with E-state index < -0.39 is 5.54 Å². The molecule has 3 N–H and O–H groups in total. The van der Waals surface area contributed by atoms with Gasteiger partial charge in [0.25, 0.3) is 0 Å². The number of carbonyl (C=O) groups is 1. The number of hydrogen-bond donors (Lipinski definition) is 2. The Morgan fingerprint density at radius 1 is 1.30 bits per heavy atom. The molecule has 1 aromatic carbocycles. The van der Waals surface area contributed by atoms with E-state index in [0.29, 0.717) is 16.6 Å². The molecule has 124 valence electrons. The van der Waals surface area contributed by atoms with E-state index in [1.165, 1.54) is 11.3 Å². The smallest absolute Gasteiger partial charge is 0.246 e. The number of hydrogen-bond acceptors (Lipinski definition) is 6. The zero-order valence-electron chi connectivity index (χ0n) is 12.8. The van der Waals surface area contributed by atoms with Gasteiger partial charge in [-0.3, -0.25) is 4.79 Å². The fraction of sp³-hybridized carbons (Fsp3) is 0.333. The van der Waals surface area contributed by atoms with E-state index >= 15 is 0 Å². The SMILES string of the molecule is COc1ccc(-c2csc(NC(=O)C3(N)CC3)n2)cc1OC.Cl. The molecule has 1 fully saturated rings. The molecule has 0 bridgehead atoms. The van der Waals surface area contributed by atoms with Gasteiger partial charge in [-0.2, -0.15) is 0 Å². The number of halogens is 1. The van der Waals surface area contributed by atoms with Crippen LogP contribution >= 0.6 is 23.7 Å². The van der Waals surface area contributed by atoms with E-state index in [-0.39, 0.29) is 18.3 Å². The molecular formula is C15H18ClN3O3S. The van der Waals surface area contributed by atoms with Crippen molar-refractivity contribution in [2.75, 3.05) is 19.5 Å². The van der Waals surface area contributed by atoms with Crippen molar-refractivity contribution in [3.8, 4) is 22.8 Å². The zero-order chi connectivity index (χ0) is 15.7. The van der Waals surface area contributed by atoms with Crippen molar-refractivity contribution >= 4 is 34.8 Å². The molecule has 1 aromatic heterocycles. The second-order valence-corrected chi connectivity index (χ2v) is 6.08. The highest BCUT2D eigenvalue weighted by molar-refractivity contribution is 7.14. The topological polar surface area (TPSA) is 86.5 Å². The van der Waals surface area contributed by atoms with Gasteiger partial charge in [-0.1, -0.05) is 0 Å². The van der Waals surface area contributed by atoms with E-state index in [1.54, 1.807) is 14.2 Å². The number of rotatable bonds is 5. The van der Waals surface area contributed by atoms with Crippen LogP contribution in [0.2, 0.25) is 0 Å². The predicted molar refractivity (Wildman–Crippen MR) is 92.7 cm³/mol. The average molecular weight is 356 g/mol. The van der Waals surface area contributed by atoms with Gasteiger partial charge < -0.3 is 20.5 Å². The van der Waals surface area contributed by atoms with Gasteiger partial charge in [0.05, 0.1) is 25.5 Å². The third-order valence-electron chi connectivity index (χ3n) is 3.64. The molecule has 0 aliphatic heterocycles. The average Bonchev–Trinajstić information content (AvgIpc) is 3.12. The van der Waals surface area contributed by atoms with E-state index in [9.17, 15) is 4.79 Å². The Hall–Kier alpha value is -1.83. The number of aromatic nitrogens is 1. The first kappa shape index (κ1) is 17.5.